The van der Waals surface area contributed by atoms with E-state index >= 15 is 0 Å². The molecule has 7 nitrogen and oxygen atoms in total. The molecule has 0 radical (unpaired) electrons. The largest absolute Gasteiger partial charge is 0.361 e. The predicted octanol–water partition coefficient (Wildman–Crippen LogP) is 3.79. The minimum absolute atomic E-state index is 0.0778. The standard InChI is InChI=1S/C24H21N3O4S2/c28-22-15-21(24(29)27(22)18-7-2-1-3-8-18)26(33(30,31)23-11-6-14-32-23)13-12-17-16-25-20-10-5-4-9-19(17)20/h1-11,14,16,21,25H,12-13,15H2. The summed E-state index contributed by atoms with van der Waals surface area (Å²) in [6.45, 7) is 0.0778. The quantitative estimate of drug-likeness (QED) is 0.408. The number of H-pyrrole nitrogens is 1. The van der Waals surface area contributed by atoms with Gasteiger partial charge < -0.3 is 4.98 Å². The molecule has 1 fully saturated rings. The summed E-state index contributed by atoms with van der Waals surface area (Å²) >= 11 is 1.10. The Morgan fingerprint density at radius 2 is 1.76 bits per heavy atom. The number of carbonyl (C=O) groups excluding carboxylic acids is 2. The van der Waals surface area contributed by atoms with Crippen LogP contribution < -0.4 is 4.90 Å². The summed E-state index contributed by atoms with van der Waals surface area (Å²) in [5.74, 6) is -0.931. The van der Waals surface area contributed by atoms with Gasteiger partial charge in [0.2, 0.25) is 5.91 Å². The zero-order chi connectivity index (χ0) is 23.0. The van der Waals surface area contributed by atoms with Crippen molar-refractivity contribution >= 4 is 49.8 Å². The fourth-order valence-electron chi connectivity index (χ4n) is 4.23. The number of anilines is 1. The number of nitrogens with zero attached hydrogens (tertiary/aromatic N) is 2. The molecule has 1 unspecified atom stereocenters. The number of para-hydroxylation sites is 2. The summed E-state index contributed by atoms with van der Waals surface area (Å²) in [5, 5.41) is 2.69. The van der Waals surface area contributed by atoms with Gasteiger partial charge in [-0.2, -0.15) is 4.31 Å². The lowest BCUT2D eigenvalue weighted by molar-refractivity contribution is -0.122. The molecule has 1 aliphatic rings. The molecule has 1 saturated heterocycles. The fourth-order valence-corrected chi connectivity index (χ4v) is 6.93. The van der Waals surface area contributed by atoms with Crippen LogP contribution in [0.15, 0.2) is 82.5 Å². The molecule has 0 saturated carbocycles. The molecular formula is C24H21N3O4S2. The second kappa shape index (κ2) is 8.58. The molecular weight excluding hydrogens is 458 g/mol. The third-order valence-corrected chi connectivity index (χ3v) is 9.10. The van der Waals surface area contributed by atoms with Crippen molar-refractivity contribution in [2.24, 2.45) is 0 Å². The Labute approximate surface area is 195 Å². The molecule has 1 atom stereocenters. The van der Waals surface area contributed by atoms with Crippen molar-refractivity contribution in [1.82, 2.24) is 9.29 Å². The molecule has 4 aromatic rings. The first-order valence-electron chi connectivity index (χ1n) is 10.5. The van der Waals surface area contributed by atoms with Gasteiger partial charge in [0.15, 0.2) is 0 Å². The summed E-state index contributed by atoms with van der Waals surface area (Å²) in [6.07, 6.45) is 2.07. The van der Waals surface area contributed by atoms with Crippen LogP contribution in [0.3, 0.4) is 0 Å². The molecule has 33 heavy (non-hydrogen) atoms. The van der Waals surface area contributed by atoms with E-state index in [-0.39, 0.29) is 17.2 Å². The molecule has 5 rings (SSSR count). The highest BCUT2D eigenvalue weighted by atomic mass is 32.2. The summed E-state index contributed by atoms with van der Waals surface area (Å²) in [6, 6.07) is 18.5. The minimum atomic E-state index is -3.97. The summed E-state index contributed by atoms with van der Waals surface area (Å²) in [4.78, 5) is 30.4. The van der Waals surface area contributed by atoms with Crippen LogP contribution in [0.4, 0.5) is 5.69 Å². The SMILES string of the molecule is O=C1CC(N(CCc2c[nH]c3ccccc23)S(=O)(=O)c2cccs2)C(=O)N1c1ccccc1. The van der Waals surface area contributed by atoms with Crippen LogP contribution in [-0.4, -0.2) is 42.1 Å². The number of amides is 2. The van der Waals surface area contributed by atoms with E-state index in [1.165, 1.54) is 10.4 Å². The maximum absolute atomic E-state index is 13.5. The number of imide groups is 1. The summed E-state index contributed by atoms with van der Waals surface area (Å²) in [7, 11) is -3.97. The number of sulfonamides is 1. The van der Waals surface area contributed by atoms with Crippen LogP contribution in [-0.2, 0) is 26.0 Å². The second-order valence-corrected chi connectivity index (χ2v) is 10.8. The Morgan fingerprint density at radius 3 is 2.52 bits per heavy atom. The van der Waals surface area contributed by atoms with Crippen LogP contribution in [0.25, 0.3) is 10.9 Å². The Balaban J connectivity index is 1.49. The number of nitrogens with one attached hydrogen (secondary N) is 1. The zero-order valence-corrected chi connectivity index (χ0v) is 19.2. The highest BCUT2D eigenvalue weighted by molar-refractivity contribution is 7.91. The van der Waals surface area contributed by atoms with Gasteiger partial charge in [-0.1, -0.05) is 42.5 Å². The van der Waals surface area contributed by atoms with Gasteiger partial charge in [-0.15, -0.1) is 11.3 Å². The van der Waals surface area contributed by atoms with Crippen LogP contribution in [0, 0.1) is 0 Å². The Hall–Kier alpha value is -3.27. The maximum Gasteiger partial charge on any atom is 0.253 e. The number of carbonyl (C=O) groups is 2. The number of rotatable bonds is 7. The van der Waals surface area contributed by atoms with Crippen LogP contribution in [0.5, 0.6) is 0 Å². The van der Waals surface area contributed by atoms with Gasteiger partial charge >= 0.3 is 0 Å². The van der Waals surface area contributed by atoms with Crippen molar-refractivity contribution in [3.05, 3.63) is 83.9 Å². The smallest absolute Gasteiger partial charge is 0.253 e. The second-order valence-electron chi connectivity index (χ2n) is 7.78. The van der Waals surface area contributed by atoms with E-state index in [2.05, 4.69) is 4.98 Å². The third kappa shape index (κ3) is 3.88. The molecule has 9 heteroatoms. The van der Waals surface area contributed by atoms with Crippen LogP contribution in [0.2, 0.25) is 0 Å². The topological polar surface area (TPSA) is 90.5 Å². The van der Waals surface area contributed by atoms with Gasteiger partial charge in [0, 0.05) is 23.6 Å². The number of benzene rings is 2. The first-order chi connectivity index (χ1) is 16.0. The monoisotopic (exact) mass is 479 g/mol. The highest BCUT2D eigenvalue weighted by Crippen LogP contribution is 2.31. The Kier molecular flexibility index (Phi) is 5.61. The summed E-state index contributed by atoms with van der Waals surface area (Å²) in [5.41, 5.74) is 2.36. The van der Waals surface area contributed by atoms with Gasteiger partial charge in [0.1, 0.15) is 10.3 Å². The normalized spacial score (nSPS) is 16.9. The van der Waals surface area contributed by atoms with Crippen LogP contribution in [0.1, 0.15) is 12.0 Å². The van der Waals surface area contributed by atoms with E-state index < -0.39 is 27.9 Å². The predicted molar refractivity (Wildman–Crippen MR) is 128 cm³/mol. The lowest BCUT2D eigenvalue weighted by Gasteiger charge is -2.26. The average Bonchev–Trinajstić information content (AvgIpc) is 3.55. The molecule has 3 heterocycles. The third-order valence-electron chi connectivity index (χ3n) is 5.82. The van der Waals surface area contributed by atoms with Gasteiger partial charge in [0.05, 0.1) is 12.1 Å². The van der Waals surface area contributed by atoms with Gasteiger partial charge in [-0.3, -0.25) is 9.59 Å². The molecule has 0 spiro atoms. The van der Waals surface area contributed by atoms with E-state index in [9.17, 15) is 18.0 Å². The number of fused-ring (bicyclic) bond motifs is 1. The highest BCUT2D eigenvalue weighted by Gasteiger charge is 2.47. The maximum atomic E-state index is 13.5. The van der Waals surface area contributed by atoms with Gasteiger partial charge in [-0.25, -0.2) is 13.3 Å². The van der Waals surface area contributed by atoms with E-state index in [4.69, 9.17) is 0 Å². The van der Waals surface area contributed by atoms with Crippen LogP contribution >= 0.6 is 11.3 Å². The van der Waals surface area contributed by atoms with E-state index in [0.717, 1.165) is 32.7 Å². The molecule has 168 valence electrons. The first-order valence-corrected chi connectivity index (χ1v) is 12.8. The number of hydrogen-bond acceptors (Lipinski definition) is 5. The Bertz CT molecular complexity index is 1410. The number of hydrogen-bond donors (Lipinski definition) is 1. The number of aromatic nitrogens is 1. The molecule has 1 N–H and O–H groups in total. The average molecular weight is 480 g/mol. The van der Waals surface area contributed by atoms with Crippen molar-refractivity contribution < 1.29 is 18.0 Å². The molecule has 0 aliphatic carbocycles. The first kappa shape index (κ1) is 21.6. The molecule has 2 amide bonds. The summed E-state index contributed by atoms with van der Waals surface area (Å²) < 4.78 is 28.4. The van der Waals surface area contributed by atoms with Gasteiger partial charge in [0.25, 0.3) is 15.9 Å². The van der Waals surface area contributed by atoms with Crippen molar-refractivity contribution in [3.63, 3.8) is 0 Å². The van der Waals surface area contributed by atoms with E-state index in [1.807, 2.05) is 30.5 Å². The zero-order valence-electron chi connectivity index (χ0n) is 17.5. The van der Waals surface area contributed by atoms with Crippen molar-refractivity contribution in [2.75, 3.05) is 11.4 Å². The van der Waals surface area contributed by atoms with Crippen molar-refractivity contribution in [2.45, 2.75) is 23.1 Å². The fraction of sp³-hybridized carbons (Fsp3) is 0.167. The Morgan fingerprint density at radius 1 is 1.00 bits per heavy atom. The molecule has 1 aliphatic heterocycles. The minimum Gasteiger partial charge on any atom is -0.361 e. The molecule has 0 bridgehead atoms. The van der Waals surface area contributed by atoms with Crippen molar-refractivity contribution in [3.8, 4) is 0 Å². The van der Waals surface area contributed by atoms with E-state index in [0.29, 0.717) is 12.1 Å². The molecule has 2 aromatic heterocycles. The molecule has 2 aromatic carbocycles. The van der Waals surface area contributed by atoms with Crippen molar-refractivity contribution in [1.29, 1.82) is 0 Å². The lowest BCUT2D eigenvalue weighted by atomic mass is 10.1. The number of aromatic amines is 1. The lowest BCUT2D eigenvalue weighted by Crippen LogP contribution is -2.46. The van der Waals surface area contributed by atoms with E-state index in [1.54, 1.807) is 41.8 Å². The van der Waals surface area contributed by atoms with Gasteiger partial charge in [-0.05, 0) is 41.6 Å². The number of thiophene rings is 1.